The maximum Gasteiger partial charge on any atom is 0.343 e. The van der Waals surface area contributed by atoms with Crippen LogP contribution in [-0.4, -0.2) is 21.9 Å². The Morgan fingerprint density at radius 2 is 1.95 bits per heavy atom. The van der Waals surface area contributed by atoms with Crippen molar-refractivity contribution in [2.45, 2.75) is 40.3 Å². The second-order valence-corrected chi connectivity index (χ2v) is 5.37. The number of carbonyl (C=O) groups excluding carboxylic acids is 1. The first-order valence-corrected chi connectivity index (χ1v) is 7.12. The van der Waals surface area contributed by atoms with Crippen LogP contribution in [0.15, 0.2) is 24.3 Å². The van der Waals surface area contributed by atoms with E-state index in [1.54, 1.807) is 18.5 Å². The summed E-state index contributed by atoms with van der Waals surface area (Å²) in [7, 11) is 0. The number of nitriles is 1. The van der Waals surface area contributed by atoms with Gasteiger partial charge in [-0.2, -0.15) is 10.4 Å². The molecule has 0 N–H and O–H groups in total. The van der Waals surface area contributed by atoms with Crippen LogP contribution in [0.3, 0.4) is 0 Å². The van der Waals surface area contributed by atoms with Crippen LogP contribution in [0.5, 0.6) is 0 Å². The number of esters is 1. The van der Waals surface area contributed by atoms with Crippen molar-refractivity contribution in [2.24, 2.45) is 0 Å². The van der Waals surface area contributed by atoms with E-state index in [1.165, 1.54) is 5.56 Å². The smallest absolute Gasteiger partial charge is 0.343 e. The summed E-state index contributed by atoms with van der Waals surface area (Å²) in [5, 5.41) is 13.2. The molecular formula is C17H19N3O2. The highest BCUT2D eigenvalue weighted by molar-refractivity contribution is 5.92. The quantitative estimate of drug-likeness (QED) is 0.814. The molecule has 0 aliphatic heterocycles. The molecule has 0 saturated heterocycles. The molecule has 0 fully saturated rings. The summed E-state index contributed by atoms with van der Waals surface area (Å²) < 4.78 is 6.86. The Kier molecular flexibility index (Phi) is 4.62. The molecule has 0 amide bonds. The third-order valence-corrected chi connectivity index (χ3v) is 3.50. The maximum atomic E-state index is 12.1. The van der Waals surface area contributed by atoms with Gasteiger partial charge in [-0.15, -0.1) is 0 Å². The van der Waals surface area contributed by atoms with Gasteiger partial charge >= 0.3 is 5.97 Å². The summed E-state index contributed by atoms with van der Waals surface area (Å²) in [4.78, 5) is 12.1. The molecule has 22 heavy (non-hydrogen) atoms. The second kappa shape index (κ2) is 6.44. The SMILES string of the molecule is Cc1ccc(Cn2nc(C)c(C(=O)O[C@H](C)C#N)c2C)cc1. The number of benzene rings is 1. The van der Waals surface area contributed by atoms with Gasteiger partial charge < -0.3 is 4.74 Å². The van der Waals surface area contributed by atoms with Crippen molar-refractivity contribution in [3.63, 3.8) is 0 Å². The fourth-order valence-electron chi connectivity index (χ4n) is 2.26. The van der Waals surface area contributed by atoms with Crippen molar-refractivity contribution in [1.29, 1.82) is 5.26 Å². The van der Waals surface area contributed by atoms with E-state index < -0.39 is 12.1 Å². The zero-order valence-corrected chi connectivity index (χ0v) is 13.3. The Morgan fingerprint density at radius 1 is 1.32 bits per heavy atom. The summed E-state index contributed by atoms with van der Waals surface area (Å²) in [5.41, 5.74) is 4.11. The standard InChI is InChI=1S/C17H19N3O2/c1-11-5-7-15(8-6-11)10-20-14(4)16(13(3)19-20)17(21)22-12(2)9-18/h5-8,12H,10H2,1-4H3/t12-/m1/s1. The molecule has 5 heteroatoms. The molecule has 0 spiro atoms. The van der Waals surface area contributed by atoms with Crippen LogP contribution >= 0.6 is 0 Å². The summed E-state index contributed by atoms with van der Waals surface area (Å²) in [6.45, 7) is 7.78. The van der Waals surface area contributed by atoms with Crippen LogP contribution in [0.4, 0.5) is 0 Å². The van der Waals surface area contributed by atoms with E-state index in [4.69, 9.17) is 10.00 Å². The highest BCUT2D eigenvalue weighted by atomic mass is 16.5. The van der Waals surface area contributed by atoms with Gasteiger partial charge in [-0.1, -0.05) is 29.8 Å². The number of ether oxygens (including phenoxy) is 1. The summed E-state index contributed by atoms with van der Waals surface area (Å²) in [6.07, 6.45) is -0.772. The molecule has 2 aromatic rings. The molecule has 0 unspecified atom stereocenters. The Labute approximate surface area is 130 Å². The van der Waals surface area contributed by atoms with Crippen molar-refractivity contribution < 1.29 is 9.53 Å². The predicted molar refractivity (Wildman–Crippen MR) is 82.5 cm³/mol. The van der Waals surface area contributed by atoms with Gasteiger partial charge in [-0.05, 0) is 33.3 Å². The first-order chi connectivity index (χ1) is 10.4. The molecule has 0 saturated carbocycles. The number of rotatable bonds is 4. The number of aryl methyl sites for hydroxylation is 2. The van der Waals surface area contributed by atoms with Gasteiger partial charge in [0.15, 0.2) is 6.10 Å². The number of carbonyl (C=O) groups is 1. The van der Waals surface area contributed by atoms with Crippen molar-refractivity contribution in [3.05, 3.63) is 52.3 Å². The Hall–Kier alpha value is -2.61. The fourth-order valence-corrected chi connectivity index (χ4v) is 2.26. The van der Waals surface area contributed by atoms with Crippen LogP contribution in [0, 0.1) is 32.1 Å². The molecule has 1 atom stereocenters. The monoisotopic (exact) mass is 297 g/mol. The summed E-state index contributed by atoms with van der Waals surface area (Å²) >= 11 is 0. The zero-order chi connectivity index (χ0) is 16.3. The van der Waals surface area contributed by atoms with Gasteiger partial charge in [-0.3, -0.25) is 4.68 Å². The lowest BCUT2D eigenvalue weighted by molar-refractivity contribution is 0.0433. The number of hydrogen-bond donors (Lipinski definition) is 0. The average molecular weight is 297 g/mol. The Bertz CT molecular complexity index is 724. The van der Waals surface area contributed by atoms with E-state index in [2.05, 4.69) is 5.10 Å². The van der Waals surface area contributed by atoms with Crippen LogP contribution in [-0.2, 0) is 11.3 Å². The van der Waals surface area contributed by atoms with E-state index in [0.29, 0.717) is 17.8 Å². The van der Waals surface area contributed by atoms with Crippen LogP contribution in [0.25, 0.3) is 0 Å². The Balaban J connectivity index is 2.25. The molecule has 5 nitrogen and oxygen atoms in total. The molecule has 0 bridgehead atoms. The molecule has 114 valence electrons. The van der Waals surface area contributed by atoms with E-state index in [9.17, 15) is 4.79 Å². The number of nitrogens with zero attached hydrogens (tertiary/aromatic N) is 3. The lowest BCUT2D eigenvalue weighted by atomic mass is 10.1. The largest absolute Gasteiger partial charge is 0.444 e. The third-order valence-electron chi connectivity index (χ3n) is 3.50. The van der Waals surface area contributed by atoms with Crippen LogP contribution in [0.2, 0.25) is 0 Å². The molecule has 2 rings (SSSR count). The van der Waals surface area contributed by atoms with E-state index >= 15 is 0 Å². The predicted octanol–water partition coefficient (Wildman–Crippen LogP) is 2.93. The van der Waals surface area contributed by atoms with Gasteiger partial charge in [0.1, 0.15) is 11.6 Å². The fraction of sp³-hybridized carbons (Fsp3) is 0.353. The van der Waals surface area contributed by atoms with E-state index in [0.717, 1.165) is 11.3 Å². The number of hydrogen-bond acceptors (Lipinski definition) is 4. The van der Waals surface area contributed by atoms with Crippen LogP contribution < -0.4 is 0 Å². The molecule has 0 aliphatic rings. The van der Waals surface area contributed by atoms with Gasteiger partial charge in [0.25, 0.3) is 0 Å². The van der Waals surface area contributed by atoms with Gasteiger partial charge in [0, 0.05) is 0 Å². The van der Waals surface area contributed by atoms with Gasteiger partial charge in [-0.25, -0.2) is 4.79 Å². The van der Waals surface area contributed by atoms with E-state index in [-0.39, 0.29) is 0 Å². The molecule has 1 aromatic heterocycles. The maximum absolute atomic E-state index is 12.1. The van der Waals surface area contributed by atoms with Crippen molar-refractivity contribution in [1.82, 2.24) is 9.78 Å². The lowest BCUT2D eigenvalue weighted by Gasteiger charge is -2.07. The molecule has 1 heterocycles. The summed E-state index contributed by atoms with van der Waals surface area (Å²) in [5.74, 6) is -0.501. The minimum Gasteiger partial charge on any atom is -0.444 e. The highest BCUT2D eigenvalue weighted by Crippen LogP contribution is 2.17. The molecule has 0 radical (unpaired) electrons. The lowest BCUT2D eigenvalue weighted by Crippen LogP contribution is -2.15. The topological polar surface area (TPSA) is 67.9 Å². The van der Waals surface area contributed by atoms with Crippen molar-refractivity contribution >= 4 is 5.97 Å². The van der Waals surface area contributed by atoms with Crippen molar-refractivity contribution in [3.8, 4) is 6.07 Å². The summed E-state index contributed by atoms with van der Waals surface area (Å²) in [6, 6.07) is 10.1. The number of aromatic nitrogens is 2. The van der Waals surface area contributed by atoms with Crippen molar-refractivity contribution in [2.75, 3.05) is 0 Å². The first-order valence-electron chi connectivity index (χ1n) is 7.12. The van der Waals surface area contributed by atoms with Gasteiger partial charge in [0.05, 0.1) is 17.9 Å². The minimum absolute atomic E-state index is 0.439. The zero-order valence-electron chi connectivity index (χ0n) is 13.3. The highest BCUT2D eigenvalue weighted by Gasteiger charge is 2.21. The molecule has 0 aliphatic carbocycles. The average Bonchev–Trinajstić information content (AvgIpc) is 2.75. The van der Waals surface area contributed by atoms with E-state index in [1.807, 2.05) is 44.2 Å². The molecule has 1 aromatic carbocycles. The second-order valence-electron chi connectivity index (χ2n) is 5.37. The van der Waals surface area contributed by atoms with Crippen LogP contribution in [0.1, 0.15) is 39.8 Å². The Morgan fingerprint density at radius 3 is 2.55 bits per heavy atom. The minimum atomic E-state index is -0.772. The third kappa shape index (κ3) is 3.34. The molecular weight excluding hydrogens is 278 g/mol. The van der Waals surface area contributed by atoms with Gasteiger partial charge in [0.2, 0.25) is 0 Å². The first kappa shape index (κ1) is 15.8. The normalized spacial score (nSPS) is 11.8.